The van der Waals surface area contributed by atoms with Crippen molar-refractivity contribution in [3.8, 4) is 0 Å². The van der Waals surface area contributed by atoms with E-state index in [9.17, 15) is 0 Å². The van der Waals surface area contributed by atoms with Crippen LogP contribution in [0.1, 0.15) is 101 Å². The van der Waals surface area contributed by atoms with Crippen LogP contribution in [-0.4, -0.2) is 5.83 Å². The second kappa shape index (κ2) is 6.58. The summed E-state index contributed by atoms with van der Waals surface area (Å²) in [4.78, 5) is 0. The molecule has 274 valence electrons. The van der Waals surface area contributed by atoms with Crippen LogP contribution in [0, 0.1) is 0 Å². The maximum atomic E-state index is 2.74. The van der Waals surface area contributed by atoms with E-state index in [2.05, 4.69) is 125 Å². The van der Waals surface area contributed by atoms with E-state index in [-0.39, 0.29) is 0 Å². The van der Waals surface area contributed by atoms with Crippen molar-refractivity contribution < 1.29 is 11.2 Å². The van der Waals surface area contributed by atoms with Crippen LogP contribution in [0.2, 0.25) is 29.4 Å². The van der Waals surface area contributed by atoms with Crippen LogP contribution >= 0.6 is 15.8 Å². The Balaban J connectivity index is 1.08. The minimum absolute atomic E-state index is 0.412. The van der Waals surface area contributed by atoms with E-state index in [1.807, 2.05) is 21.2 Å². The van der Waals surface area contributed by atoms with Gasteiger partial charge in [-0.3, -0.25) is 0 Å². The predicted molar refractivity (Wildman–Crippen MR) is 228 cm³/mol. The summed E-state index contributed by atoms with van der Waals surface area (Å²) in [5.74, 6) is 0. The molecule has 0 aliphatic carbocycles. The van der Waals surface area contributed by atoms with Gasteiger partial charge in [-0.2, -0.15) is 0 Å². The fourth-order valence-corrected chi connectivity index (χ4v) is 493. The van der Waals surface area contributed by atoms with Crippen LogP contribution in [-0.2, 0) is 36.8 Å². The molecule has 0 saturated carbocycles. The van der Waals surface area contributed by atoms with Crippen LogP contribution in [0.25, 0.3) is 0 Å². The Hall–Kier alpha value is -1.39. The number of hydrogen-bond donors (Lipinski definition) is 0. The number of fused-ring (bicyclic) bond motifs is 10. The molecule has 0 nitrogen and oxygen atoms in total. The van der Waals surface area contributed by atoms with Gasteiger partial charge in [-0.15, -0.1) is 0 Å². The monoisotopic (exact) mass is 902 g/mol. The summed E-state index contributed by atoms with van der Waals surface area (Å²) < 4.78 is 11.8. The molecule has 53 heavy (non-hydrogen) atoms. The zero-order valence-electron chi connectivity index (χ0n) is 32.7. The third-order valence-electron chi connectivity index (χ3n) is 29.1. The number of aryl methyl sites for hydroxylation is 4. The summed E-state index contributed by atoms with van der Waals surface area (Å²) in [6.45, 7) is 9.64. The number of benzene rings is 4. The van der Waals surface area contributed by atoms with Gasteiger partial charge in [-0.05, 0) is 0 Å². The Morgan fingerprint density at radius 2 is 0.660 bits per heavy atom. The quantitative estimate of drug-likeness (QED) is 0.0689. The van der Waals surface area contributed by atoms with Crippen molar-refractivity contribution in [1.29, 1.82) is 0 Å². The van der Waals surface area contributed by atoms with Gasteiger partial charge < -0.3 is 0 Å². The van der Waals surface area contributed by atoms with Crippen molar-refractivity contribution >= 4 is 37.1 Å². The SMILES string of the molecule is CCCCc1ccccc1P(c1ccccc1CCCC)[C]12[CH]3[CH]4[CH]5[C]1(P(c1ccccc1CCCC)c1ccccc1CCCC)[Hf]43521678[CH]2[CH]1[CH]6[CH]7[CH]28. The molecule has 4 aromatic carbocycles. The normalized spacial score (nSPS) is 47.7. The number of unbranched alkanes of at least 4 members (excludes halogenated alkanes) is 4. The predicted octanol–water partition coefficient (Wildman–Crippen LogP) is 12.8. The summed E-state index contributed by atoms with van der Waals surface area (Å²) in [6, 6.07) is 41.0. The molecule has 10 aliphatic rings. The molecule has 0 aromatic heterocycles. The standard InChI is InChI=1S/C45H55P2.C5H5.Hf/c1-5-9-22-36-26-13-17-30-40(36)46(41-31-18-14-27-37(41)23-10-6-2)44-34-21-35-45(44)47(42-32-19-15-28-38(42)24-11-7-3)43-33-20-16-29-39(43)25-12-8-4;1-2-4-5-3-1;/h13-21,26-35H,5-12,22-25H2,1-4H3;1-5H;. The minimum atomic E-state index is -4.92. The Morgan fingerprint density at radius 3 is 0.887 bits per heavy atom. The second-order valence-corrected chi connectivity index (χ2v) is 108. The molecule has 0 bridgehead atoms. The number of hydrogen-bond acceptors (Lipinski definition) is 0. The average molecular weight is 901 g/mol. The summed E-state index contributed by atoms with van der Waals surface area (Å²) >= 11 is -4.92. The van der Waals surface area contributed by atoms with E-state index >= 15 is 0 Å². The van der Waals surface area contributed by atoms with Gasteiger partial charge in [0.25, 0.3) is 0 Å². The first-order valence-electron chi connectivity index (χ1n) is 22.9. The van der Waals surface area contributed by atoms with Crippen molar-refractivity contribution in [2.75, 3.05) is 0 Å². The van der Waals surface area contributed by atoms with Crippen LogP contribution in [0.15, 0.2) is 97.1 Å². The molecular weight excluding hydrogens is 841 g/mol. The van der Waals surface area contributed by atoms with E-state index in [1.165, 1.54) is 106 Å². The van der Waals surface area contributed by atoms with Gasteiger partial charge in [0.15, 0.2) is 0 Å². The van der Waals surface area contributed by atoms with Crippen LogP contribution in [0.4, 0.5) is 0 Å². The Labute approximate surface area is 305 Å². The van der Waals surface area contributed by atoms with E-state index in [0.29, 0.717) is 0 Å². The van der Waals surface area contributed by atoms with Crippen molar-refractivity contribution in [3.05, 3.63) is 119 Å². The van der Waals surface area contributed by atoms with Gasteiger partial charge in [-0.1, -0.05) is 0 Å². The first kappa shape index (κ1) is 31.7. The van der Waals surface area contributed by atoms with Crippen molar-refractivity contribution in [1.82, 2.24) is 0 Å². The molecular formula is C50H60HfP2. The van der Waals surface area contributed by atoms with Gasteiger partial charge >= 0.3 is 308 Å². The summed E-state index contributed by atoms with van der Waals surface area (Å²) in [7, 11) is -0.825. The van der Waals surface area contributed by atoms with Crippen LogP contribution in [0.5, 0.6) is 0 Å². The molecule has 10 heterocycles. The van der Waals surface area contributed by atoms with Crippen molar-refractivity contribution in [2.45, 2.75) is 140 Å². The first-order valence-corrected chi connectivity index (χ1v) is 45.7. The molecule has 4 unspecified atom stereocenters. The van der Waals surface area contributed by atoms with Crippen LogP contribution in [0.3, 0.4) is 0 Å². The van der Waals surface area contributed by atoms with Gasteiger partial charge in [0, 0.05) is 0 Å². The fourth-order valence-electron chi connectivity index (χ4n) is 31.7. The molecule has 0 amide bonds. The molecule has 10 aliphatic heterocycles. The average Bonchev–Trinajstić information content (AvgIpc) is 4.16. The van der Waals surface area contributed by atoms with Gasteiger partial charge in [-0.25, -0.2) is 0 Å². The van der Waals surface area contributed by atoms with E-state index in [4.69, 9.17) is 0 Å². The third-order valence-corrected chi connectivity index (χ3v) is 199. The van der Waals surface area contributed by atoms with E-state index in [0.717, 1.165) is 5.83 Å². The molecule has 3 heteroatoms. The Bertz CT molecular complexity index is 2330. The summed E-state index contributed by atoms with van der Waals surface area (Å²) in [6.07, 6.45) is 15.6. The maximum absolute atomic E-state index is 4.92. The second-order valence-electron chi connectivity index (χ2n) is 24.3. The Morgan fingerprint density at radius 1 is 0.396 bits per heavy atom. The molecule has 10 fully saturated rings. The topological polar surface area (TPSA) is 0 Å². The zero-order chi connectivity index (χ0) is 35.5. The van der Waals surface area contributed by atoms with Gasteiger partial charge in [0.2, 0.25) is 0 Å². The molecule has 14 rings (SSSR count). The molecule has 1 spiro atoms. The van der Waals surface area contributed by atoms with E-state index in [1.54, 1.807) is 22.3 Å². The van der Waals surface area contributed by atoms with Gasteiger partial charge in [0.05, 0.1) is 0 Å². The molecule has 0 radical (unpaired) electrons. The van der Waals surface area contributed by atoms with Gasteiger partial charge in [0.1, 0.15) is 0 Å². The van der Waals surface area contributed by atoms with E-state index < -0.39 is 27.0 Å². The molecule has 10 saturated heterocycles. The first-order chi connectivity index (χ1) is 25.9. The fraction of sp³-hybridized carbons (Fsp3) is 0.520. The van der Waals surface area contributed by atoms with Crippen molar-refractivity contribution in [2.24, 2.45) is 0 Å². The Kier molecular flexibility index (Phi) is 3.93. The molecule has 0 N–H and O–H groups in total. The molecule has 4 aromatic rings. The number of rotatable bonds is 18. The zero-order valence-corrected chi connectivity index (χ0v) is 38.1. The summed E-state index contributed by atoms with van der Waals surface area (Å²) in [5.41, 5.74) is 7.00. The third kappa shape index (κ3) is 1.22. The summed E-state index contributed by atoms with van der Waals surface area (Å²) in [5, 5.41) is 7.54. The van der Waals surface area contributed by atoms with Crippen molar-refractivity contribution in [3.63, 3.8) is 0 Å². The molecule has 4 atom stereocenters. The van der Waals surface area contributed by atoms with Crippen LogP contribution < -0.4 is 21.2 Å².